The highest BCUT2D eigenvalue weighted by Crippen LogP contribution is 2.30. The van der Waals surface area contributed by atoms with Crippen LogP contribution in [0, 0.1) is 0 Å². The first-order valence-corrected chi connectivity index (χ1v) is 8.08. The minimum absolute atomic E-state index is 0.0857. The van der Waals surface area contributed by atoms with Crippen molar-refractivity contribution in [2.45, 2.75) is 51.5 Å². The molecule has 0 aromatic rings. The van der Waals surface area contributed by atoms with Crippen LogP contribution in [0.2, 0.25) is 0 Å². The molecule has 0 spiro atoms. The average Bonchev–Trinajstić information content (AvgIpc) is 2.61. The van der Waals surface area contributed by atoms with Gasteiger partial charge in [-0.15, -0.1) is 0 Å². The fraction of sp³-hybridized carbons (Fsp3) is 0.733. The second-order valence-electron chi connectivity index (χ2n) is 5.50. The van der Waals surface area contributed by atoms with Crippen LogP contribution < -0.4 is 0 Å². The molecule has 156 valence electrons. The normalized spacial score (nSPS) is 26.4. The number of esters is 4. The molecular formula is C15H21N3O10. The molecule has 1 saturated heterocycles. The number of methoxy groups -OCH3 is 1. The second kappa shape index (κ2) is 11.1. The largest absolute Gasteiger partial charge is 0.467 e. The Kier molecular flexibility index (Phi) is 9.15. The van der Waals surface area contributed by atoms with Crippen LogP contribution in [0.3, 0.4) is 0 Å². The molecule has 0 radical (unpaired) electrons. The molecule has 5 atom stereocenters. The maximum absolute atomic E-state index is 12.1. The van der Waals surface area contributed by atoms with Crippen molar-refractivity contribution >= 4 is 23.9 Å². The molecule has 0 aromatic heterocycles. The van der Waals surface area contributed by atoms with Gasteiger partial charge in [-0.05, 0) is 5.53 Å². The Labute approximate surface area is 159 Å². The molecule has 4 unspecified atom stereocenters. The van der Waals surface area contributed by atoms with E-state index in [1.165, 1.54) is 0 Å². The van der Waals surface area contributed by atoms with E-state index in [0.29, 0.717) is 0 Å². The lowest BCUT2D eigenvalue weighted by Gasteiger charge is -2.43. The molecule has 1 heterocycles. The monoisotopic (exact) mass is 403 g/mol. The molecule has 0 N–H and O–H groups in total. The minimum atomic E-state index is -1.53. The minimum Gasteiger partial charge on any atom is -0.467 e. The topological polar surface area (TPSA) is 172 Å². The Morgan fingerprint density at radius 1 is 0.964 bits per heavy atom. The zero-order chi connectivity index (χ0) is 21.3. The van der Waals surface area contributed by atoms with Crippen molar-refractivity contribution in [3.63, 3.8) is 0 Å². The number of nitrogens with zero attached hydrogens (tertiary/aromatic N) is 3. The van der Waals surface area contributed by atoms with Crippen LogP contribution in [0.1, 0.15) is 20.8 Å². The highest BCUT2D eigenvalue weighted by molar-refractivity contribution is 5.77. The summed E-state index contributed by atoms with van der Waals surface area (Å²) in [6, 6.07) is 0. The standard InChI is InChI=1S/C15H21N3O10/c1-7(19)25-10-11(26-8(2)20)13(27-9(3)21)15(24-6-5-17-18-16)28-12(10)14(22)23-4/h10-13,15H,5-6H2,1-4H3/t10?,11?,12?,13?,15-/m1/s1. The Balaban J connectivity index is 3.28. The van der Waals surface area contributed by atoms with Gasteiger partial charge in [-0.1, -0.05) is 5.11 Å². The zero-order valence-corrected chi connectivity index (χ0v) is 15.7. The van der Waals surface area contributed by atoms with Crippen molar-refractivity contribution in [2.24, 2.45) is 5.11 Å². The van der Waals surface area contributed by atoms with Crippen LogP contribution in [0.25, 0.3) is 10.4 Å². The van der Waals surface area contributed by atoms with E-state index in [9.17, 15) is 19.2 Å². The first-order valence-electron chi connectivity index (χ1n) is 8.08. The molecular weight excluding hydrogens is 382 g/mol. The molecule has 13 nitrogen and oxygen atoms in total. The smallest absolute Gasteiger partial charge is 0.339 e. The van der Waals surface area contributed by atoms with Gasteiger partial charge in [-0.2, -0.15) is 0 Å². The average molecular weight is 403 g/mol. The summed E-state index contributed by atoms with van der Waals surface area (Å²) in [6.45, 7) is 3.00. The fourth-order valence-corrected chi connectivity index (χ4v) is 2.47. The number of rotatable bonds is 8. The lowest BCUT2D eigenvalue weighted by molar-refractivity contribution is -0.301. The van der Waals surface area contributed by atoms with Crippen molar-refractivity contribution < 1.29 is 47.6 Å². The number of hydrogen-bond acceptors (Lipinski definition) is 11. The third-order valence-electron chi connectivity index (χ3n) is 3.37. The van der Waals surface area contributed by atoms with E-state index >= 15 is 0 Å². The maximum Gasteiger partial charge on any atom is 0.339 e. The van der Waals surface area contributed by atoms with Crippen molar-refractivity contribution in [1.82, 2.24) is 0 Å². The van der Waals surface area contributed by atoms with Gasteiger partial charge in [0.05, 0.1) is 13.7 Å². The highest BCUT2D eigenvalue weighted by atomic mass is 16.7. The molecule has 1 fully saturated rings. The van der Waals surface area contributed by atoms with Gasteiger partial charge in [0.25, 0.3) is 0 Å². The number of hydrogen-bond donors (Lipinski definition) is 0. The zero-order valence-electron chi connectivity index (χ0n) is 15.7. The number of azide groups is 1. The van der Waals surface area contributed by atoms with E-state index in [-0.39, 0.29) is 13.2 Å². The third-order valence-corrected chi connectivity index (χ3v) is 3.37. The molecule has 0 aliphatic carbocycles. The van der Waals surface area contributed by atoms with Gasteiger partial charge in [0.2, 0.25) is 0 Å². The van der Waals surface area contributed by atoms with Gasteiger partial charge >= 0.3 is 23.9 Å². The predicted molar refractivity (Wildman–Crippen MR) is 87.3 cm³/mol. The summed E-state index contributed by atoms with van der Waals surface area (Å²) < 4.78 is 30.9. The number of carbonyl (C=O) groups is 4. The number of carbonyl (C=O) groups excluding carboxylic acids is 4. The summed E-state index contributed by atoms with van der Waals surface area (Å²) >= 11 is 0. The van der Waals surface area contributed by atoms with Gasteiger partial charge in [-0.25, -0.2) is 4.79 Å². The van der Waals surface area contributed by atoms with Crippen LogP contribution in [-0.2, 0) is 47.6 Å². The van der Waals surface area contributed by atoms with Crippen molar-refractivity contribution in [2.75, 3.05) is 20.3 Å². The van der Waals surface area contributed by atoms with E-state index < -0.39 is 54.6 Å². The van der Waals surface area contributed by atoms with Crippen molar-refractivity contribution in [1.29, 1.82) is 0 Å². The van der Waals surface area contributed by atoms with Crippen LogP contribution in [0.4, 0.5) is 0 Å². The van der Waals surface area contributed by atoms with Gasteiger partial charge in [-0.3, -0.25) is 14.4 Å². The summed E-state index contributed by atoms with van der Waals surface area (Å²) in [7, 11) is 1.08. The fourth-order valence-electron chi connectivity index (χ4n) is 2.47. The third kappa shape index (κ3) is 6.68. The maximum atomic E-state index is 12.1. The summed E-state index contributed by atoms with van der Waals surface area (Å²) in [5.41, 5.74) is 8.32. The van der Waals surface area contributed by atoms with Gasteiger partial charge in [0, 0.05) is 32.2 Å². The Morgan fingerprint density at radius 3 is 2.00 bits per heavy atom. The molecule has 0 amide bonds. The van der Waals surface area contributed by atoms with E-state index in [4.69, 9.17) is 29.2 Å². The molecule has 1 aliphatic heterocycles. The second-order valence-corrected chi connectivity index (χ2v) is 5.50. The highest BCUT2D eigenvalue weighted by Gasteiger charge is 2.55. The molecule has 0 saturated carbocycles. The van der Waals surface area contributed by atoms with Crippen molar-refractivity contribution in [3.8, 4) is 0 Å². The molecule has 28 heavy (non-hydrogen) atoms. The summed E-state index contributed by atoms with van der Waals surface area (Å²) in [5.74, 6) is -3.30. The first-order chi connectivity index (χ1) is 13.2. The molecule has 0 aromatic carbocycles. The number of ether oxygens (including phenoxy) is 6. The first kappa shape index (κ1) is 23.1. The Bertz CT molecular complexity index is 648. The summed E-state index contributed by atoms with van der Waals surface area (Å²) in [6.07, 6.45) is -7.20. The lowest BCUT2D eigenvalue weighted by atomic mass is 9.97. The van der Waals surface area contributed by atoms with E-state index in [1.807, 2.05) is 0 Å². The van der Waals surface area contributed by atoms with E-state index in [1.54, 1.807) is 0 Å². The van der Waals surface area contributed by atoms with Crippen LogP contribution in [0.5, 0.6) is 0 Å². The van der Waals surface area contributed by atoms with Crippen LogP contribution >= 0.6 is 0 Å². The van der Waals surface area contributed by atoms with E-state index in [0.717, 1.165) is 27.9 Å². The quantitative estimate of drug-likeness (QED) is 0.134. The van der Waals surface area contributed by atoms with Crippen LogP contribution in [-0.4, -0.2) is 74.8 Å². The predicted octanol–water partition coefficient (Wildman–Crippen LogP) is 0.00630. The molecule has 1 aliphatic rings. The van der Waals surface area contributed by atoms with Gasteiger partial charge in [0.1, 0.15) is 0 Å². The van der Waals surface area contributed by atoms with Gasteiger partial charge in [0.15, 0.2) is 30.7 Å². The SMILES string of the molecule is COC(=O)C1O[C@@H](OCCN=[N+]=[N-])C(OC(C)=O)C(OC(C)=O)C1OC(C)=O. The molecule has 13 heteroatoms. The van der Waals surface area contributed by atoms with Gasteiger partial charge < -0.3 is 28.4 Å². The van der Waals surface area contributed by atoms with Crippen molar-refractivity contribution in [3.05, 3.63) is 10.4 Å². The summed E-state index contributed by atoms with van der Waals surface area (Å²) in [4.78, 5) is 49.3. The van der Waals surface area contributed by atoms with Crippen LogP contribution in [0.15, 0.2) is 5.11 Å². The summed E-state index contributed by atoms with van der Waals surface area (Å²) in [5, 5.41) is 3.28. The Hall–Kier alpha value is -2.89. The molecule has 1 rings (SSSR count). The Morgan fingerprint density at radius 2 is 1.50 bits per heavy atom. The molecule has 0 bridgehead atoms. The lowest BCUT2D eigenvalue weighted by Crippen LogP contribution is -2.63. The van der Waals surface area contributed by atoms with E-state index in [2.05, 4.69) is 14.8 Å².